The standard InChI is InChI=1S/C14H12N2O.C14H11NO.ClH/c1-9-3-4-11-10-7-8-15-14(17-2)12(10)5-6-13(11)16-9;1-9-5-6-11-10-3-2-4-14(16)12(10)7-8-13(11)15-9;/h3-8H,1-2H3;2-3,5-8H,4H2,1H3;1H. The maximum absolute atomic E-state index is 11.7. The van der Waals surface area contributed by atoms with E-state index in [1.165, 1.54) is 0 Å². The van der Waals surface area contributed by atoms with Crippen LogP contribution in [0.25, 0.3) is 38.7 Å². The number of halogens is 1. The molecule has 1 aliphatic carbocycles. The molecule has 0 saturated carbocycles. The Labute approximate surface area is 203 Å². The number of ketones is 1. The van der Waals surface area contributed by atoms with E-state index in [0.29, 0.717) is 12.3 Å². The highest BCUT2D eigenvalue weighted by atomic mass is 35.5. The average molecular weight is 470 g/mol. The maximum atomic E-state index is 11.7. The summed E-state index contributed by atoms with van der Waals surface area (Å²) in [5.41, 5.74) is 6.12. The van der Waals surface area contributed by atoms with Crippen LogP contribution in [0.4, 0.5) is 0 Å². The summed E-state index contributed by atoms with van der Waals surface area (Å²) in [6.07, 6.45) is 6.26. The monoisotopic (exact) mass is 469 g/mol. The van der Waals surface area contributed by atoms with Crippen LogP contribution in [-0.2, 0) is 0 Å². The van der Waals surface area contributed by atoms with Gasteiger partial charge in [0.15, 0.2) is 11.5 Å². The molecule has 6 rings (SSSR count). The number of aryl methyl sites for hydroxylation is 2. The third-order valence-electron chi connectivity index (χ3n) is 5.92. The minimum atomic E-state index is 0. The van der Waals surface area contributed by atoms with Crippen LogP contribution in [0.2, 0.25) is 0 Å². The maximum Gasteiger partial charge on any atom is 0.221 e. The van der Waals surface area contributed by atoms with Gasteiger partial charge >= 0.3 is 0 Å². The molecule has 3 heterocycles. The minimum absolute atomic E-state index is 0. The van der Waals surface area contributed by atoms with E-state index >= 15 is 0 Å². The summed E-state index contributed by atoms with van der Waals surface area (Å²) >= 11 is 0. The average Bonchev–Trinajstić information content (AvgIpc) is 2.83. The van der Waals surface area contributed by atoms with Crippen LogP contribution in [-0.4, -0.2) is 22.9 Å². The van der Waals surface area contributed by atoms with Gasteiger partial charge in [-0.2, -0.15) is 0 Å². The number of aromatic amines is 1. The summed E-state index contributed by atoms with van der Waals surface area (Å²) in [6.45, 7) is 4.02. The molecule has 0 saturated heterocycles. The second-order valence-electron chi connectivity index (χ2n) is 8.16. The minimum Gasteiger partial charge on any atom is -1.00 e. The van der Waals surface area contributed by atoms with Crippen molar-refractivity contribution in [3.8, 4) is 5.88 Å². The number of pyridine rings is 3. The normalized spacial score (nSPS) is 12.1. The molecule has 0 bridgehead atoms. The first-order valence-corrected chi connectivity index (χ1v) is 10.9. The van der Waals surface area contributed by atoms with Crippen LogP contribution >= 0.6 is 0 Å². The molecule has 0 unspecified atom stereocenters. The number of benzene rings is 2. The molecule has 0 fully saturated rings. The first kappa shape index (κ1) is 23.3. The molecule has 2 aromatic carbocycles. The predicted molar refractivity (Wildman–Crippen MR) is 132 cm³/mol. The van der Waals surface area contributed by atoms with Crippen molar-refractivity contribution >= 4 is 44.4 Å². The van der Waals surface area contributed by atoms with E-state index in [-0.39, 0.29) is 18.2 Å². The number of rotatable bonds is 1. The van der Waals surface area contributed by atoms with Crippen LogP contribution in [0.3, 0.4) is 0 Å². The quantitative estimate of drug-likeness (QED) is 0.354. The van der Waals surface area contributed by atoms with E-state index < -0.39 is 0 Å². The second kappa shape index (κ2) is 9.57. The molecule has 5 aromatic rings. The highest BCUT2D eigenvalue weighted by Crippen LogP contribution is 2.29. The van der Waals surface area contributed by atoms with Gasteiger partial charge in [-0.3, -0.25) is 9.78 Å². The number of carbonyl (C=O) groups excluding carboxylic acids is 1. The lowest BCUT2D eigenvalue weighted by Crippen LogP contribution is -3.00. The molecule has 1 N–H and O–H groups in total. The van der Waals surface area contributed by atoms with Crippen molar-refractivity contribution in [1.29, 1.82) is 0 Å². The number of Topliss-reactive ketones (excluding diaryl/α,β-unsaturated/α-hetero) is 1. The number of methoxy groups -OCH3 is 1. The molecule has 170 valence electrons. The van der Waals surface area contributed by atoms with Crippen LogP contribution in [0, 0.1) is 13.8 Å². The lowest BCUT2D eigenvalue weighted by molar-refractivity contribution is -0.354. The van der Waals surface area contributed by atoms with Crippen molar-refractivity contribution in [1.82, 2.24) is 9.97 Å². The highest BCUT2D eigenvalue weighted by Gasteiger charge is 2.17. The largest absolute Gasteiger partial charge is 1.00 e. The summed E-state index contributed by atoms with van der Waals surface area (Å²) in [7, 11) is 1.64. The van der Waals surface area contributed by atoms with Crippen molar-refractivity contribution in [3.63, 3.8) is 0 Å². The Balaban J connectivity index is 0.000000157. The molecule has 0 amide bonds. The summed E-state index contributed by atoms with van der Waals surface area (Å²) in [5.74, 6) is 0.866. The molecular weight excluding hydrogens is 446 g/mol. The number of aromatic nitrogens is 3. The van der Waals surface area contributed by atoms with Gasteiger partial charge in [-0.15, -0.1) is 0 Å². The number of carbonyl (C=O) groups is 1. The number of hydrogen-bond acceptors (Lipinski definition) is 4. The number of allylic oxidation sites excluding steroid dienone is 1. The number of H-pyrrole nitrogens is 1. The summed E-state index contributed by atoms with van der Waals surface area (Å²) in [5, 5.41) is 4.40. The van der Waals surface area contributed by atoms with Gasteiger partial charge in [0, 0.05) is 53.7 Å². The van der Waals surface area contributed by atoms with Crippen LogP contribution in [0.1, 0.15) is 33.7 Å². The molecule has 0 atom stereocenters. The van der Waals surface area contributed by atoms with Gasteiger partial charge in [0.05, 0.1) is 18.0 Å². The zero-order valence-corrected chi connectivity index (χ0v) is 20.0. The fourth-order valence-corrected chi connectivity index (χ4v) is 4.31. The second-order valence-corrected chi connectivity index (χ2v) is 8.16. The summed E-state index contributed by atoms with van der Waals surface area (Å²) in [4.78, 5) is 23.8. The van der Waals surface area contributed by atoms with E-state index in [0.717, 1.165) is 55.1 Å². The Bertz CT molecular complexity index is 1580. The first-order chi connectivity index (χ1) is 16.0. The molecule has 0 spiro atoms. The van der Waals surface area contributed by atoms with Gasteiger partial charge in [0.2, 0.25) is 11.4 Å². The van der Waals surface area contributed by atoms with Crippen molar-refractivity contribution in [2.24, 2.45) is 0 Å². The zero-order valence-electron chi connectivity index (χ0n) is 19.2. The molecule has 0 aliphatic heterocycles. The Morgan fingerprint density at radius 3 is 2.50 bits per heavy atom. The van der Waals surface area contributed by atoms with Gasteiger partial charge in [-0.25, -0.2) is 9.97 Å². The predicted octanol–water partition coefficient (Wildman–Crippen LogP) is 2.67. The molecule has 5 nitrogen and oxygen atoms in total. The Morgan fingerprint density at radius 1 is 0.882 bits per heavy atom. The van der Waals surface area contributed by atoms with E-state index in [2.05, 4.69) is 27.1 Å². The smallest absolute Gasteiger partial charge is 0.221 e. The topological polar surface area (TPSA) is 66.2 Å². The fraction of sp³-hybridized carbons (Fsp3) is 0.143. The molecule has 1 aliphatic rings. The summed E-state index contributed by atoms with van der Waals surface area (Å²) in [6, 6.07) is 18.1. The zero-order chi connectivity index (χ0) is 22.9. The van der Waals surface area contributed by atoms with E-state index in [1.54, 1.807) is 13.3 Å². The number of nitrogens with one attached hydrogen (secondary N) is 1. The highest BCUT2D eigenvalue weighted by molar-refractivity contribution is 6.08. The van der Waals surface area contributed by atoms with Crippen LogP contribution in [0.5, 0.6) is 5.88 Å². The number of hydrogen-bond donors (Lipinski definition) is 0. The molecule has 3 aromatic heterocycles. The van der Waals surface area contributed by atoms with Crippen LogP contribution in [0.15, 0.2) is 66.9 Å². The van der Waals surface area contributed by atoms with Crippen LogP contribution < -0.4 is 22.1 Å². The lowest BCUT2D eigenvalue weighted by Gasteiger charge is -2.09. The number of ether oxygens (including phenoxy) is 1. The Kier molecular flexibility index (Phi) is 6.57. The van der Waals surface area contributed by atoms with Gasteiger partial charge in [0.1, 0.15) is 0 Å². The number of fused-ring (bicyclic) bond motifs is 6. The third kappa shape index (κ3) is 4.22. The SMILES string of the molecule is COc1nccc2c1ccc1nc(C)ccc12.Cc1ccc2c3c(ccc2[nH+]1)C(=O)CC=C3.[Cl-]. The lowest BCUT2D eigenvalue weighted by atomic mass is 9.93. The Hall–Kier alpha value is -3.83. The molecule has 34 heavy (non-hydrogen) atoms. The van der Waals surface area contributed by atoms with Crippen molar-refractivity contribution in [2.75, 3.05) is 7.11 Å². The third-order valence-corrected chi connectivity index (χ3v) is 5.92. The van der Waals surface area contributed by atoms with Crippen molar-refractivity contribution < 1.29 is 26.9 Å². The van der Waals surface area contributed by atoms with Gasteiger partial charge in [0.25, 0.3) is 0 Å². The molecule has 6 heteroatoms. The number of nitrogens with zero attached hydrogens (tertiary/aromatic N) is 2. The van der Waals surface area contributed by atoms with Gasteiger partial charge < -0.3 is 17.1 Å². The summed E-state index contributed by atoms with van der Waals surface area (Å²) < 4.78 is 5.27. The molecular formula is C28H24ClN3O2. The van der Waals surface area contributed by atoms with Crippen molar-refractivity contribution in [2.45, 2.75) is 20.3 Å². The van der Waals surface area contributed by atoms with Gasteiger partial charge in [-0.05, 0) is 54.3 Å². The first-order valence-electron chi connectivity index (χ1n) is 10.9. The molecule has 0 radical (unpaired) electrons. The van der Waals surface area contributed by atoms with E-state index in [1.807, 2.05) is 68.5 Å². The Morgan fingerprint density at radius 2 is 1.68 bits per heavy atom. The van der Waals surface area contributed by atoms with Gasteiger partial charge in [-0.1, -0.05) is 18.2 Å². The van der Waals surface area contributed by atoms with E-state index in [4.69, 9.17) is 4.74 Å². The van der Waals surface area contributed by atoms with Crippen molar-refractivity contribution in [3.05, 3.63) is 89.4 Å². The van der Waals surface area contributed by atoms with E-state index in [9.17, 15) is 4.79 Å². The fourth-order valence-electron chi connectivity index (χ4n) is 4.31.